The Morgan fingerprint density at radius 2 is 2.58 bits per heavy atom. The Balaban J connectivity index is 2.37. The molecule has 0 spiro atoms. The van der Waals surface area contributed by atoms with Crippen LogP contribution in [0.25, 0.3) is 0 Å². The van der Waals surface area contributed by atoms with E-state index in [9.17, 15) is 0 Å². The summed E-state index contributed by atoms with van der Waals surface area (Å²) in [6, 6.07) is 3.75. The number of nitrogens with zero attached hydrogens (tertiary/aromatic N) is 1. The summed E-state index contributed by atoms with van der Waals surface area (Å²) in [4.78, 5) is 2.94. The van der Waals surface area contributed by atoms with Crippen molar-refractivity contribution in [2.24, 2.45) is 10.9 Å². The zero-order chi connectivity index (χ0) is 8.81. The van der Waals surface area contributed by atoms with Gasteiger partial charge in [-0.15, -0.1) is 0 Å². The van der Waals surface area contributed by atoms with Crippen molar-refractivity contribution in [3.05, 3.63) is 24.0 Å². The third-order valence-corrected chi connectivity index (χ3v) is 1.33. The van der Waals surface area contributed by atoms with E-state index in [1.807, 2.05) is 12.1 Å². The molecule has 0 aliphatic carbocycles. The molecule has 0 saturated carbocycles. The average molecular weight is 183 g/mol. The quantitative estimate of drug-likeness (QED) is 0.219. The minimum Gasteiger partial charge on any atom is -0.360 e. The Bertz CT molecular complexity index is 265. The summed E-state index contributed by atoms with van der Waals surface area (Å²) in [7, 11) is 0. The summed E-state index contributed by atoms with van der Waals surface area (Å²) in [6.45, 7) is 0. The van der Waals surface area contributed by atoms with E-state index in [0.717, 1.165) is 5.69 Å². The maximum Gasteiger partial charge on any atom is 0.201 e. The molecule has 0 radical (unpaired) electrons. The maximum absolute atomic E-state index is 5.00. The number of nitrogens with two attached hydrogens (primary N) is 1. The monoisotopic (exact) mass is 183 g/mol. The Morgan fingerprint density at radius 1 is 1.75 bits per heavy atom. The lowest BCUT2D eigenvalue weighted by atomic mass is 10.5. The maximum atomic E-state index is 5.00. The smallest absolute Gasteiger partial charge is 0.201 e. The van der Waals surface area contributed by atoms with Crippen molar-refractivity contribution in [1.29, 1.82) is 0 Å². The number of thiocarbonyl (C=S) groups is 1. The van der Waals surface area contributed by atoms with Crippen LogP contribution < -0.4 is 16.7 Å². The first kappa shape index (κ1) is 8.69. The summed E-state index contributed by atoms with van der Waals surface area (Å²) in [6.07, 6.45) is 3.41. The van der Waals surface area contributed by atoms with Crippen molar-refractivity contribution >= 4 is 23.5 Å². The lowest BCUT2D eigenvalue weighted by Crippen LogP contribution is -2.37. The summed E-state index contributed by atoms with van der Waals surface area (Å²) >= 11 is 4.68. The molecule has 0 saturated heterocycles. The number of aromatic nitrogens is 1. The van der Waals surface area contributed by atoms with E-state index in [1.54, 1.807) is 12.4 Å². The van der Waals surface area contributed by atoms with E-state index in [4.69, 9.17) is 5.84 Å². The molecule has 0 unspecified atom stereocenters. The highest BCUT2D eigenvalue weighted by Gasteiger charge is 1.86. The lowest BCUT2D eigenvalue weighted by molar-refractivity contribution is 0.930. The fourth-order valence-electron chi connectivity index (χ4n) is 0.617. The highest BCUT2D eigenvalue weighted by Crippen LogP contribution is 1.87. The van der Waals surface area contributed by atoms with Crippen molar-refractivity contribution in [2.75, 3.05) is 0 Å². The molecule has 0 atom stereocenters. The molecule has 0 fully saturated rings. The van der Waals surface area contributed by atoms with E-state index in [1.165, 1.54) is 0 Å². The molecule has 5 N–H and O–H groups in total. The SMILES string of the molecule is NNC(=S)NN=Cc1ccc[nH]1. The van der Waals surface area contributed by atoms with Crippen LogP contribution in [0.3, 0.4) is 0 Å². The van der Waals surface area contributed by atoms with Crippen molar-refractivity contribution in [1.82, 2.24) is 15.8 Å². The second kappa shape index (κ2) is 4.47. The van der Waals surface area contributed by atoms with Crippen LogP contribution in [0.2, 0.25) is 0 Å². The van der Waals surface area contributed by atoms with Crippen LogP contribution in [0, 0.1) is 0 Å². The Morgan fingerprint density at radius 3 is 3.17 bits per heavy atom. The first-order valence-electron chi connectivity index (χ1n) is 3.26. The molecule has 0 aliphatic rings. The Labute approximate surface area is 75.0 Å². The van der Waals surface area contributed by atoms with Gasteiger partial charge in [-0.3, -0.25) is 10.9 Å². The van der Waals surface area contributed by atoms with Crippen molar-refractivity contribution < 1.29 is 0 Å². The van der Waals surface area contributed by atoms with Crippen molar-refractivity contribution in [3.63, 3.8) is 0 Å². The second-order valence-corrected chi connectivity index (χ2v) is 2.38. The normalized spacial score (nSPS) is 10.1. The molecule has 6 heteroatoms. The fourth-order valence-corrected chi connectivity index (χ4v) is 0.670. The minimum absolute atomic E-state index is 0.276. The average Bonchev–Trinajstić information content (AvgIpc) is 2.57. The van der Waals surface area contributed by atoms with Crippen LogP contribution in [0.1, 0.15) is 5.69 Å². The molecule has 1 heterocycles. The summed E-state index contributed by atoms with van der Waals surface area (Å²) in [5.41, 5.74) is 5.65. The molecule has 0 aliphatic heterocycles. The van der Waals surface area contributed by atoms with E-state index < -0.39 is 0 Å². The highest BCUT2D eigenvalue weighted by molar-refractivity contribution is 7.80. The molecule has 0 bridgehead atoms. The van der Waals surface area contributed by atoms with Crippen LogP contribution in [-0.2, 0) is 0 Å². The topological polar surface area (TPSA) is 78.2 Å². The molecule has 64 valence electrons. The molecule has 1 rings (SSSR count). The Hall–Kier alpha value is -1.40. The van der Waals surface area contributed by atoms with E-state index in [2.05, 4.69) is 33.2 Å². The summed E-state index contributed by atoms with van der Waals surface area (Å²) in [5, 5.41) is 4.07. The van der Waals surface area contributed by atoms with Gasteiger partial charge in [-0.05, 0) is 24.4 Å². The first-order chi connectivity index (χ1) is 5.83. The Kier molecular flexibility index (Phi) is 3.24. The van der Waals surface area contributed by atoms with Gasteiger partial charge in [0.25, 0.3) is 0 Å². The number of aromatic amines is 1. The molecule has 0 aromatic carbocycles. The van der Waals surface area contributed by atoms with E-state index in [-0.39, 0.29) is 5.11 Å². The first-order valence-corrected chi connectivity index (χ1v) is 3.67. The minimum atomic E-state index is 0.276. The third-order valence-electron chi connectivity index (χ3n) is 1.12. The lowest BCUT2D eigenvalue weighted by Gasteiger charge is -1.97. The van der Waals surface area contributed by atoms with Gasteiger partial charge in [-0.1, -0.05) is 0 Å². The van der Waals surface area contributed by atoms with Crippen molar-refractivity contribution in [3.8, 4) is 0 Å². The standard InChI is InChI=1S/C6H9N5S/c7-10-6(12)11-9-4-5-2-1-3-8-5/h1-4,8H,7H2,(H2,10,11,12). The summed E-state index contributed by atoms with van der Waals surface area (Å²) < 4.78 is 0. The summed E-state index contributed by atoms with van der Waals surface area (Å²) in [5.74, 6) is 5.00. The van der Waals surface area contributed by atoms with E-state index >= 15 is 0 Å². The molecular formula is C6H9N5S. The third kappa shape index (κ3) is 2.69. The zero-order valence-corrected chi connectivity index (χ0v) is 7.06. The number of hydrazone groups is 1. The largest absolute Gasteiger partial charge is 0.360 e. The van der Waals surface area contributed by atoms with Gasteiger partial charge in [0.15, 0.2) is 0 Å². The molecule has 12 heavy (non-hydrogen) atoms. The van der Waals surface area contributed by atoms with Crippen LogP contribution in [0.15, 0.2) is 23.4 Å². The predicted molar refractivity (Wildman–Crippen MR) is 51.4 cm³/mol. The van der Waals surface area contributed by atoms with Crippen LogP contribution in [-0.4, -0.2) is 16.3 Å². The molecule has 0 amide bonds. The van der Waals surface area contributed by atoms with Gasteiger partial charge in [0.05, 0.1) is 11.9 Å². The molecule has 1 aromatic heterocycles. The van der Waals surface area contributed by atoms with Crippen LogP contribution >= 0.6 is 12.2 Å². The molecular weight excluding hydrogens is 174 g/mol. The van der Waals surface area contributed by atoms with Crippen molar-refractivity contribution in [2.45, 2.75) is 0 Å². The highest BCUT2D eigenvalue weighted by atomic mass is 32.1. The predicted octanol–water partition coefficient (Wildman–Crippen LogP) is -0.314. The number of rotatable bonds is 2. The molecule has 5 nitrogen and oxygen atoms in total. The number of hydrazine groups is 1. The number of hydrogen-bond acceptors (Lipinski definition) is 3. The zero-order valence-electron chi connectivity index (χ0n) is 6.24. The van der Waals surface area contributed by atoms with Crippen LogP contribution in [0.4, 0.5) is 0 Å². The fraction of sp³-hybridized carbons (Fsp3) is 0. The van der Waals surface area contributed by atoms with Gasteiger partial charge in [0, 0.05) is 6.20 Å². The number of hydrogen-bond donors (Lipinski definition) is 4. The van der Waals surface area contributed by atoms with Gasteiger partial charge in [-0.25, -0.2) is 5.84 Å². The number of nitrogens with one attached hydrogen (secondary N) is 3. The van der Waals surface area contributed by atoms with E-state index in [0.29, 0.717) is 0 Å². The van der Waals surface area contributed by atoms with Gasteiger partial charge in [0.2, 0.25) is 5.11 Å². The van der Waals surface area contributed by atoms with Gasteiger partial charge < -0.3 is 4.98 Å². The van der Waals surface area contributed by atoms with Gasteiger partial charge in [-0.2, -0.15) is 5.10 Å². The number of H-pyrrole nitrogens is 1. The van der Waals surface area contributed by atoms with Gasteiger partial charge in [0.1, 0.15) is 0 Å². The van der Waals surface area contributed by atoms with Gasteiger partial charge >= 0.3 is 0 Å². The molecule has 1 aromatic rings. The van der Waals surface area contributed by atoms with Crippen LogP contribution in [0.5, 0.6) is 0 Å². The second-order valence-electron chi connectivity index (χ2n) is 1.97.